The molecule has 0 aromatic carbocycles. The molecule has 3 N–H and O–H groups in total. The van der Waals surface area contributed by atoms with Gasteiger partial charge in [-0.25, -0.2) is 0 Å². The van der Waals surface area contributed by atoms with E-state index in [4.69, 9.17) is 4.74 Å². The third kappa shape index (κ3) is 61.6. The summed E-state index contributed by atoms with van der Waals surface area (Å²) in [5, 5.41) is 23.2. The first-order valence-corrected chi connectivity index (χ1v) is 34.6. The summed E-state index contributed by atoms with van der Waals surface area (Å²) >= 11 is 0. The van der Waals surface area contributed by atoms with Gasteiger partial charge < -0.3 is 20.3 Å². The van der Waals surface area contributed by atoms with Gasteiger partial charge in [0.05, 0.1) is 25.4 Å². The fraction of sp³-hybridized carbons (Fsp3) is 0.914. The lowest BCUT2D eigenvalue weighted by Crippen LogP contribution is -2.45. The van der Waals surface area contributed by atoms with E-state index < -0.39 is 12.1 Å². The number of carbonyl (C=O) groups is 2. The average molecular weight is 1070 g/mol. The second-order valence-electron chi connectivity index (χ2n) is 23.9. The molecule has 0 fully saturated rings. The molecule has 450 valence electrons. The number of hydrogen-bond donors (Lipinski definition) is 3. The first-order valence-electron chi connectivity index (χ1n) is 34.6. The number of amides is 1. The lowest BCUT2D eigenvalue weighted by Gasteiger charge is -2.22. The molecular weight excluding hydrogens is 935 g/mol. The van der Waals surface area contributed by atoms with Crippen molar-refractivity contribution in [3.05, 3.63) is 24.3 Å². The summed E-state index contributed by atoms with van der Waals surface area (Å²) in [6.07, 6.45) is 82.3. The largest absolute Gasteiger partial charge is 0.466 e. The molecule has 6 nitrogen and oxygen atoms in total. The van der Waals surface area contributed by atoms with E-state index in [0.717, 1.165) is 38.5 Å². The summed E-state index contributed by atoms with van der Waals surface area (Å²) < 4.78 is 5.51. The third-order valence-electron chi connectivity index (χ3n) is 16.2. The van der Waals surface area contributed by atoms with Crippen LogP contribution in [0, 0.1) is 0 Å². The van der Waals surface area contributed by atoms with Crippen LogP contribution in [0.1, 0.15) is 386 Å². The van der Waals surface area contributed by atoms with Gasteiger partial charge >= 0.3 is 5.97 Å². The predicted octanol–water partition coefficient (Wildman–Crippen LogP) is 22.1. The van der Waals surface area contributed by atoms with Crippen LogP contribution >= 0.6 is 0 Å². The molecule has 0 saturated heterocycles. The SMILES string of the molecule is CCCCCCCC/C=C\CCCCCCCCCCCC(=O)OCCCCCCCCCCCCCC/C=C\CCCCCCCCCCCCCCCC(=O)NC(CO)C(O)CCCCCCCCCCCCC. The number of aliphatic hydroxyl groups is 2. The van der Waals surface area contributed by atoms with E-state index in [2.05, 4.69) is 43.5 Å². The molecule has 0 bridgehead atoms. The standard InChI is InChI=1S/C70H135NO5/c1-3-5-7-9-11-13-15-16-17-18-30-34-37-40-44-48-52-56-60-64-70(75)76-65-61-57-53-49-45-41-38-35-32-29-27-25-23-21-19-20-22-24-26-28-31-33-36-39-43-47-51-55-59-63-69(74)71-67(66-72)68(73)62-58-54-50-46-42-14-12-10-8-6-4-2/h16-17,19,21,67-68,72-73H,3-15,18,20,22-66H2,1-2H3,(H,71,74)/b17-16-,21-19-. The Morgan fingerprint density at radius 1 is 0.355 bits per heavy atom. The number of ether oxygens (including phenoxy) is 1. The van der Waals surface area contributed by atoms with Gasteiger partial charge in [-0.2, -0.15) is 0 Å². The summed E-state index contributed by atoms with van der Waals surface area (Å²) in [7, 11) is 0. The van der Waals surface area contributed by atoms with Crippen LogP contribution in [0.2, 0.25) is 0 Å². The minimum Gasteiger partial charge on any atom is -0.466 e. The topological polar surface area (TPSA) is 95.9 Å². The molecular formula is C70H135NO5. The lowest BCUT2D eigenvalue weighted by molar-refractivity contribution is -0.143. The van der Waals surface area contributed by atoms with Crippen molar-refractivity contribution in [2.75, 3.05) is 13.2 Å². The molecule has 6 heteroatoms. The normalized spacial score (nSPS) is 12.6. The fourth-order valence-electron chi connectivity index (χ4n) is 10.9. The molecule has 0 radical (unpaired) electrons. The highest BCUT2D eigenvalue weighted by atomic mass is 16.5. The number of carbonyl (C=O) groups excluding carboxylic acids is 2. The summed E-state index contributed by atoms with van der Waals surface area (Å²) in [6, 6.07) is -0.539. The molecule has 0 aromatic heterocycles. The van der Waals surface area contributed by atoms with Crippen LogP contribution < -0.4 is 5.32 Å². The van der Waals surface area contributed by atoms with E-state index in [1.165, 1.54) is 315 Å². The maximum atomic E-state index is 12.5. The van der Waals surface area contributed by atoms with Gasteiger partial charge in [0, 0.05) is 12.8 Å². The number of aliphatic hydroxyl groups excluding tert-OH is 2. The first-order chi connectivity index (χ1) is 37.5. The molecule has 0 saturated carbocycles. The summed E-state index contributed by atoms with van der Waals surface area (Å²) in [5.74, 6) is -0.0168. The fourth-order valence-corrected chi connectivity index (χ4v) is 10.9. The number of rotatable bonds is 65. The van der Waals surface area contributed by atoms with Gasteiger partial charge in [-0.05, 0) is 77.0 Å². The van der Waals surface area contributed by atoms with E-state index >= 15 is 0 Å². The molecule has 0 aromatic rings. The number of hydrogen-bond acceptors (Lipinski definition) is 5. The summed E-state index contributed by atoms with van der Waals surface area (Å²) in [5.41, 5.74) is 0. The predicted molar refractivity (Wildman–Crippen MR) is 333 cm³/mol. The van der Waals surface area contributed by atoms with Gasteiger partial charge in [-0.3, -0.25) is 9.59 Å². The van der Waals surface area contributed by atoms with E-state index in [1.54, 1.807) is 0 Å². The summed E-state index contributed by atoms with van der Waals surface area (Å²) in [4.78, 5) is 24.6. The van der Waals surface area contributed by atoms with Crippen LogP contribution in [0.3, 0.4) is 0 Å². The molecule has 0 rings (SSSR count). The van der Waals surface area contributed by atoms with Crippen LogP contribution in [0.15, 0.2) is 24.3 Å². The van der Waals surface area contributed by atoms with Crippen LogP contribution in [0.25, 0.3) is 0 Å². The minimum atomic E-state index is -0.662. The zero-order chi connectivity index (χ0) is 55.0. The van der Waals surface area contributed by atoms with Crippen LogP contribution in [-0.2, 0) is 14.3 Å². The van der Waals surface area contributed by atoms with Crippen molar-refractivity contribution in [1.29, 1.82) is 0 Å². The monoisotopic (exact) mass is 1070 g/mol. The summed E-state index contributed by atoms with van der Waals surface area (Å²) in [6.45, 7) is 4.97. The number of allylic oxidation sites excluding steroid dienone is 4. The van der Waals surface area contributed by atoms with Crippen molar-refractivity contribution < 1.29 is 24.5 Å². The van der Waals surface area contributed by atoms with Gasteiger partial charge in [-0.1, -0.05) is 321 Å². The van der Waals surface area contributed by atoms with Gasteiger partial charge in [0.15, 0.2) is 0 Å². The molecule has 2 atom stereocenters. The van der Waals surface area contributed by atoms with Crippen molar-refractivity contribution in [1.82, 2.24) is 5.32 Å². The maximum Gasteiger partial charge on any atom is 0.305 e. The highest BCUT2D eigenvalue weighted by molar-refractivity contribution is 5.76. The quantitative estimate of drug-likeness (QED) is 0.0320. The van der Waals surface area contributed by atoms with Gasteiger partial charge in [-0.15, -0.1) is 0 Å². The highest BCUT2D eigenvalue weighted by Crippen LogP contribution is 2.18. The Labute approximate surface area is 475 Å². The number of nitrogens with one attached hydrogen (secondary N) is 1. The van der Waals surface area contributed by atoms with Gasteiger partial charge in [0.2, 0.25) is 5.91 Å². The smallest absolute Gasteiger partial charge is 0.305 e. The van der Waals surface area contributed by atoms with E-state index in [1.807, 2.05) is 0 Å². The van der Waals surface area contributed by atoms with Crippen LogP contribution in [0.5, 0.6) is 0 Å². The Balaban J connectivity index is 3.33. The minimum absolute atomic E-state index is 0.0166. The molecule has 76 heavy (non-hydrogen) atoms. The van der Waals surface area contributed by atoms with Crippen molar-refractivity contribution >= 4 is 11.9 Å². The molecule has 0 spiro atoms. The van der Waals surface area contributed by atoms with Crippen molar-refractivity contribution in [2.45, 2.75) is 398 Å². The average Bonchev–Trinajstić information content (AvgIpc) is 3.42. The molecule has 1 amide bonds. The second-order valence-corrected chi connectivity index (χ2v) is 23.9. The molecule has 0 aliphatic heterocycles. The Kier molecular flexibility index (Phi) is 64.4. The van der Waals surface area contributed by atoms with Crippen molar-refractivity contribution in [3.8, 4) is 0 Å². The van der Waals surface area contributed by atoms with E-state index in [0.29, 0.717) is 25.9 Å². The van der Waals surface area contributed by atoms with Crippen LogP contribution in [-0.4, -0.2) is 47.4 Å². The molecule has 2 unspecified atom stereocenters. The Hall–Kier alpha value is -1.66. The van der Waals surface area contributed by atoms with Gasteiger partial charge in [0.1, 0.15) is 0 Å². The second kappa shape index (κ2) is 65.9. The van der Waals surface area contributed by atoms with E-state index in [-0.39, 0.29) is 18.5 Å². The maximum absolute atomic E-state index is 12.5. The number of esters is 1. The van der Waals surface area contributed by atoms with Crippen molar-refractivity contribution in [3.63, 3.8) is 0 Å². The Morgan fingerprint density at radius 2 is 0.618 bits per heavy atom. The molecule has 0 aliphatic rings. The zero-order valence-corrected chi connectivity index (χ0v) is 51.5. The molecule has 0 aliphatic carbocycles. The Morgan fingerprint density at radius 3 is 0.934 bits per heavy atom. The van der Waals surface area contributed by atoms with Crippen LogP contribution in [0.4, 0.5) is 0 Å². The number of unbranched alkanes of at least 4 members (excludes halogenated alkanes) is 50. The van der Waals surface area contributed by atoms with Gasteiger partial charge in [0.25, 0.3) is 0 Å². The Bertz CT molecular complexity index is 1190. The lowest BCUT2D eigenvalue weighted by atomic mass is 10.0. The molecule has 0 heterocycles. The van der Waals surface area contributed by atoms with Crippen molar-refractivity contribution in [2.24, 2.45) is 0 Å². The highest BCUT2D eigenvalue weighted by Gasteiger charge is 2.20. The third-order valence-corrected chi connectivity index (χ3v) is 16.2. The van der Waals surface area contributed by atoms with E-state index in [9.17, 15) is 19.8 Å². The first kappa shape index (κ1) is 74.3. The zero-order valence-electron chi connectivity index (χ0n) is 51.5.